The van der Waals surface area contributed by atoms with E-state index in [1.54, 1.807) is 0 Å². The number of aryl methyl sites for hydroxylation is 1. The van der Waals surface area contributed by atoms with Gasteiger partial charge in [0.05, 0.1) is 11.3 Å². The van der Waals surface area contributed by atoms with E-state index in [0.717, 1.165) is 24.4 Å². The van der Waals surface area contributed by atoms with E-state index in [-0.39, 0.29) is 5.91 Å². The van der Waals surface area contributed by atoms with Crippen LogP contribution < -0.4 is 16.6 Å². The van der Waals surface area contributed by atoms with Crippen LogP contribution >= 0.6 is 0 Å². The van der Waals surface area contributed by atoms with Gasteiger partial charge in [-0.3, -0.25) is 10.6 Å². The molecule has 18 heavy (non-hydrogen) atoms. The zero-order chi connectivity index (χ0) is 13.0. The summed E-state index contributed by atoms with van der Waals surface area (Å²) in [7, 11) is 0. The molecule has 1 aliphatic rings. The number of carbonyl (C=O) groups is 1. The van der Waals surface area contributed by atoms with Gasteiger partial charge in [0.2, 0.25) is 0 Å². The second-order valence-electron chi connectivity index (χ2n) is 5.03. The molecule has 1 amide bonds. The lowest BCUT2D eigenvalue weighted by Crippen LogP contribution is -2.26. The molecule has 1 aliphatic carbocycles. The molecule has 0 heterocycles. The number of anilines is 1. The van der Waals surface area contributed by atoms with Crippen LogP contribution in [0.15, 0.2) is 18.2 Å². The molecule has 1 saturated carbocycles. The zero-order valence-corrected chi connectivity index (χ0v) is 10.8. The molecule has 0 radical (unpaired) electrons. The maximum Gasteiger partial charge on any atom is 0.253 e. The fourth-order valence-electron chi connectivity index (χ4n) is 2.07. The average molecular weight is 247 g/mol. The van der Waals surface area contributed by atoms with Crippen molar-refractivity contribution in [1.82, 2.24) is 5.32 Å². The van der Waals surface area contributed by atoms with Gasteiger partial charge in [-0.1, -0.05) is 24.5 Å². The Balaban J connectivity index is 1.88. The lowest BCUT2D eigenvalue weighted by molar-refractivity contribution is 0.0953. The van der Waals surface area contributed by atoms with E-state index in [9.17, 15) is 4.79 Å². The van der Waals surface area contributed by atoms with E-state index in [4.69, 9.17) is 5.84 Å². The Morgan fingerprint density at radius 1 is 1.44 bits per heavy atom. The van der Waals surface area contributed by atoms with Crippen molar-refractivity contribution < 1.29 is 4.79 Å². The molecule has 0 aliphatic heterocycles. The largest absolute Gasteiger partial charge is 0.352 e. The van der Waals surface area contributed by atoms with Crippen molar-refractivity contribution in [1.29, 1.82) is 0 Å². The van der Waals surface area contributed by atoms with Gasteiger partial charge in [0.25, 0.3) is 5.91 Å². The summed E-state index contributed by atoms with van der Waals surface area (Å²) >= 11 is 0. The molecule has 4 heteroatoms. The summed E-state index contributed by atoms with van der Waals surface area (Å²) in [6.07, 6.45) is 5.03. The number of hydrogen-bond donors (Lipinski definition) is 3. The first-order valence-electron chi connectivity index (χ1n) is 6.56. The number of nitrogens with one attached hydrogen (secondary N) is 2. The molecule has 4 N–H and O–H groups in total. The van der Waals surface area contributed by atoms with Crippen LogP contribution in [0.5, 0.6) is 0 Å². The number of amides is 1. The first-order chi connectivity index (χ1) is 8.70. The topological polar surface area (TPSA) is 67.1 Å². The van der Waals surface area contributed by atoms with Crippen LogP contribution in [-0.2, 0) is 0 Å². The fraction of sp³-hybridized carbons (Fsp3) is 0.500. The Kier molecular flexibility index (Phi) is 4.20. The van der Waals surface area contributed by atoms with Crippen LogP contribution in [0.3, 0.4) is 0 Å². The number of hydrazine groups is 1. The van der Waals surface area contributed by atoms with Gasteiger partial charge in [-0.05, 0) is 37.8 Å². The Morgan fingerprint density at radius 2 is 2.22 bits per heavy atom. The minimum atomic E-state index is -0.0533. The Hall–Kier alpha value is -1.55. The van der Waals surface area contributed by atoms with Gasteiger partial charge in [0.1, 0.15) is 0 Å². The van der Waals surface area contributed by atoms with Gasteiger partial charge in [0.15, 0.2) is 0 Å². The SMILES string of the molecule is Cc1ccc(NN)c(C(=O)NCCCC2CC2)c1. The molecule has 98 valence electrons. The van der Waals surface area contributed by atoms with E-state index in [2.05, 4.69) is 10.7 Å². The standard InChI is InChI=1S/C14H21N3O/c1-10-4-7-13(17-15)12(9-10)14(18)16-8-2-3-11-5-6-11/h4,7,9,11,17H,2-3,5-6,8,15H2,1H3,(H,16,18). The number of hydrogen-bond acceptors (Lipinski definition) is 3. The second-order valence-corrected chi connectivity index (χ2v) is 5.03. The third kappa shape index (κ3) is 3.47. The maximum atomic E-state index is 12.0. The van der Waals surface area contributed by atoms with Crippen molar-refractivity contribution in [2.45, 2.75) is 32.6 Å². The zero-order valence-electron chi connectivity index (χ0n) is 10.8. The highest BCUT2D eigenvalue weighted by atomic mass is 16.1. The smallest absolute Gasteiger partial charge is 0.253 e. The quantitative estimate of drug-likeness (QED) is 0.410. The predicted octanol–water partition coefficient (Wildman–Crippen LogP) is 2.20. The number of benzene rings is 1. The van der Waals surface area contributed by atoms with E-state index in [1.165, 1.54) is 19.3 Å². The van der Waals surface area contributed by atoms with Crippen LogP contribution in [0, 0.1) is 12.8 Å². The van der Waals surface area contributed by atoms with E-state index < -0.39 is 0 Å². The lowest BCUT2D eigenvalue weighted by Gasteiger charge is -2.10. The molecule has 0 aromatic heterocycles. The minimum absolute atomic E-state index is 0.0533. The van der Waals surface area contributed by atoms with Gasteiger partial charge in [0, 0.05) is 6.54 Å². The lowest BCUT2D eigenvalue weighted by atomic mass is 10.1. The van der Waals surface area contributed by atoms with Crippen molar-refractivity contribution >= 4 is 11.6 Å². The van der Waals surface area contributed by atoms with Crippen LogP contribution in [0.4, 0.5) is 5.69 Å². The molecule has 2 rings (SSSR count). The van der Waals surface area contributed by atoms with Crippen LogP contribution in [0.2, 0.25) is 0 Å². The number of nitrogen functional groups attached to an aromatic ring is 1. The molecular formula is C14H21N3O. The highest BCUT2D eigenvalue weighted by Crippen LogP contribution is 2.33. The molecule has 0 unspecified atom stereocenters. The van der Waals surface area contributed by atoms with Crippen LogP contribution in [0.25, 0.3) is 0 Å². The minimum Gasteiger partial charge on any atom is -0.352 e. The van der Waals surface area contributed by atoms with Crippen molar-refractivity contribution in [3.05, 3.63) is 29.3 Å². The third-order valence-corrected chi connectivity index (χ3v) is 3.35. The first-order valence-corrected chi connectivity index (χ1v) is 6.56. The summed E-state index contributed by atoms with van der Waals surface area (Å²) in [6, 6.07) is 5.61. The van der Waals surface area contributed by atoms with Gasteiger partial charge >= 0.3 is 0 Å². The van der Waals surface area contributed by atoms with Crippen molar-refractivity contribution in [2.24, 2.45) is 11.8 Å². The molecule has 0 atom stereocenters. The van der Waals surface area contributed by atoms with Crippen molar-refractivity contribution in [2.75, 3.05) is 12.0 Å². The highest BCUT2D eigenvalue weighted by molar-refractivity contribution is 5.99. The maximum absolute atomic E-state index is 12.0. The monoisotopic (exact) mass is 247 g/mol. The van der Waals surface area contributed by atoms with Gasteiger partial charge < -0.3 is 10.7 Å². The van der Waals surface area contributed by atoms with Crippen LogP contribution in [0.1, 0.15) is 41.6 Å². The van der Waals surface area contributed by atoms with Crippen LogP contribution in [-0.4, -0.2) is 12.5 Å². The Bertz CT molecular complexity index is 427. The molecule has 0 spiro atoms. The van der Waals surface area contributed by atoms with E-state index in [1.807, 2.05) is 25.1 Å². The molecule has 0 saturated heterocycles. The summed E-state index contributed by atoms with van der Waals surface area (Å²) in [4.78, 5) is 12.0. The molecular weight excluding hydrogens is 226 g/mol. The molecule has 0 bridgehead atoms. The van der Waals surface area contributed by atoms with E-state index in [0.29, 0.717) is 11.3 Å². The van der Waals surface area contributed by atoms with Crippen molar-refractivity contribution in [3.8, 4) is 0 Å². The van der Waals surface area contributed by atoms with E-state index >= 15 is 0 Å². The first kappa shape index (κ1) is 12.9. The third-order valence-electron chi connectivity index (χ3n) is 3.35. The normalized spacial score (nSPS) is 14.3. The fourth-order valence-corrected chi connectivity index (χ4v) is 2.07. The molecule has 1 aromatic carbocycles. The molecule has 4 nitrogen and oxygen atoms in total. The van der Waals surface area contributed by atoms with Gasteiger partial charge in [-0.25, -0.2) is 0 Å². The summed E-state index contributed by atoms with van der Waals surface area (Å²) in [6.45, 7) is 2.71. The number of carbonyl (C=O) groups excluding carboxylic acids is 1. The van der Waals surface area contributed by atoms with Crippen molar-refractivity contribution in [3.63, 3.8) is 0 Å². The summed E-state index contributed by atoms with van der Waals surface area (Å²) in [5.41, 5.74) is 4.90. The Labute approximate surface area is 108 Å². The second kappa shape index (κ2) is 5.87. The van der Waals surface area contributed by atoms with Gasteiger partial charge in [-0.15, -0.1) is 0 Å². The Morgan fingerprint density at radius 3 is 2.89 bits per heavy atom. The molecule has 1 aromatic rings. The number of nitrogens with two attached hydrogens (primary N) is 1. The predicted molar refractivity (Wildman–Crippen MR) is 73.3 cm³/mol. The summed E-state index contributed by atoms with van der Waals surface area (Å²) in [5, 5.41) is 2.95. The summed E-state index contributed by atoms with van der Waals surface area (Å²) < 4.78 is 0. The molecule has 1 fully saturated rings. The average Bonchev–Trinajstić information content (AvgIpc) is 3.18. The number of rotatable bonds is 6. The van der Waals surface area contributed by atoms with Gasteiger partial charge in [-0.2, -0.15) is 0 Å². The highest BCUT2D eigenvalue weighted by Gasteiger charge is 2.20. The summed E-state index contributed by atoms with van der Waals surface area (Å²) in [5.74, 6) is 6.28.